The zero-order valence-electron chi connectivity index (χ0n) is 10.3. The number of hydrogen-bond donors (Lipinski definition) is 1. The van der Waals surface area contributed by atoms with E-state index in [0.29, 0.717) is 11.5 Å². The Bertz CT molecular complexity index is 447. The van der Waals surface area contributed by atoms with Gasteiger partial charge in [-0.1, -0.05) is 11.6 Å². The molecular formula is C11H16ClN5O. The summed E-state index contributed by atoms with van der Waals surface area (Å²) in [5, 5.41) is 0.209. The third-order valence-electron chi connectivity index (χ3n) is 3.01. The lowest BCUT2D eigenvalue weighted by Crippen LogP contribution is -2.37. The first-order chi connectivity index (χ1) is 8.59. The lowest BCUT2D eigenvalue weighted by Gasteiger charge is -2.22. The van der Waals surface area contributed by atoms with Crippen LogP contribution in [0.25, 0.3) is 0 Å². The fraction of sp³-hybridized carbons (Fsp3) is 0.545. The molecule has 0 bridgehead atoms. The van der Waals surface area contributed by atoms with Crippen LogP contribution in [0.2, 0.25) is 5.15 Å². The predicted molar refractivity (Wildman–Crippen MR) is 70.5 cm³/mol. The molecule has 0 spiro atoms. The number of rotatable bonds is 3. The number of hydrogen-bond acceptors (Lipinski definition) is 5. The fourth-order valence-corrected chi connectivity index (χ4v) is 2.14. The lowest BCUT2D eigenvalue weighted by molar-refractivity contribution is -0.128. The lowest BCUT2D eigenvalue weighted by atomic mass is 10.4. The Balaban J connectivity index is 2.04. The summed E-state index contributed by atoms with van der Waals surface area (Å²) in [5.41, 5.74) is 6.09. The Kier molecular flexibility index (Phi) is 3.86. The van der Waals surface area contributed by atoms with Gasteiger partial charge in [-0.05, 0) is 12.8 Å². The highest BCUT2D eigenvalue weighted by Gasteiger charge is 2.20. The molecule has 0 aliphatic carbocycles. The first-order valence-corrected chi connectivity index (χ1v) is 6.22. The number of nitrogen functional groups attached to an aromatic ring is 1. The zero-order valence-corrected chi connectivity index (χ0v) is 11.0. The van der Waals surface area contributed by atoms with Crippen molar-refractivity contribution in [3.05, 3.63) is 11.5 Å². The summed E-state index contributed by atoms with van der Waals surface area (Å²) in [6, 6.07) is 0. The molecule has 1 aliphatic heterocycles. The largest absolute Gasteiger partial charge is 0.393 e. The Morgan fingerprint density at radius 3 is 2.83 bits per heavy atom. The van der Waals surface area contributed by atoms with Crippen LogP contribution < -0.4 is 10.6 Å². The van der Waals surface area contributed by atoms with Crippen LogP contribution in [0.5, 0.6) is 0 Å². The van der Waals surface area contributed by atoms with Crippen molar-refractivity contribution in [2.75, 3.05) is 37.3 Å². The highest BCUT2D eigenvalue weighted by Crippen LogP contribution is 2.24. The van der Waals surface area contributed by atoms with E-state index in [1.165, 1.54) is 6.33 Å². The molecule has 1 saturated heterocycles. The van der Waals surface area contributed by atoms with Crippen molar-refractivity contribution in [3.8, 4) is 0 Å². The molecular weight excluding hydrogens is 254 g/mol. The minimum absolute atomic E-state index is 0.0872. The summed E-state index contributed by atoms with van der Waals surface area (Å²) in [7, 11) is 1.77. The van der Waals surface area contributed by atoms with Crippen LogP contribution in [0.1, 0.15) is 12.8 Å². The van der Waals surface area contributed by atoms with Gasteiger partial charge in [0.1, 0.15) is 12.0 Å². The molecule has 0 unspecified atom stereocenters. The SMILES string of the molecule is CN(CC(=O)N1CCCC1)c1ncnc(Cl)c1N. The van der Waals surface area contributed by atoms with E-state index in [2.05, 4.69) is 9.97 Å². The van der Waals surface area contributed by atoms with Crippen LogP contribution in [-0.4, -0.2) is 47.5 Å². The maximum absolute atomic E-state index is 12.0. The van der Waals surface area contributed by atoms with Gasteiger partial charge in [0, 0.05) is 20.1 Å². The minimum Gasteiger partial charge on any atom is -0.393 e. The Morgan fingerprint density at radius 1 is 1.50 bits per heavy atom. The van der Waals surface area contributed by atoms with E-state index in [1.54, 1.807) is 11.9 Å². The Hall–Kier alpha value is -1.56. The molecule has 2 heterocycles. The van der Waals surface area contributed by atoms with E-state index in [-0.39, 0.29) is 17.6 Å². The highest BCUT2D eigenvalue weighted by atomic mass is 35.5. The number of nitrogens with two attached hydrogens (primary N) is 1. The average Bonchev–Trinajstić information content (AvgIpc) is 2.86. The molecule has 1 aromatic rings. The van der Waals surface area contributed by atoms with Crippen molar-refractivity contribution in [1.29, 1.82) is 0 Å². The quantitative estimate of drug-likeness (QED) is 0.821. The second-order valence-electron chi connectivity index (χ2n) is 4.35. The van der Waals surface area contributed by atoms with E-state index < -0.39 is 0 Å². The second-order valence-corrected chi connectivity index (χ2v) is 4.70. The number of anilines is 2. The van der Waals surface area contributed by atoms with Gasteiger partial charge in [0.05, 0.1) is 6.54 Å². The molecule has 2 rings (SSSR count). The number of aromatic nitrogens is 2. The number of carbonyl (C=O) groups excluding carboxylic acids is 1. The van der Waals surface area contributed by atoms with E-state index in [0.717, 1.165) is 25.9 Å². The molecule has 1 aliphatic rings. The van der Waals surface area contributed by atoms with Gasteiger partial charge in [-0.25, -0.2) is 9.97 Å². The van der Waals surface area contributed by atoms with Crippen LogP contribution in [0.4, 0.5) is 11.5 Å². The normalized spacial score (nSPS) is 14.9. The molecule has 6 nitrogen and oxygen atoms in total. The van der Waals surface area contributed by atoms with Crippen LogP contribution in [0.3, 0.4) is 0 Å². The summed E-state index contributed by atoms with van der Waals surface area (Å²) < 4.78 is 0. The van der Waals surface area contributed by atoms with Gasteiger partial charge in [-0.3, -0.25) is 4.79 Å². The van der Waals surface area contributed by atoms with Crippen LogP contribution in [-0.2, 0) is 4.79 Å². The second kappa shape index (κ2) is 5.39. The van der Waals surface area contributed by atoms with Crippen LogP contribution in [0, 0.1) is 0 Å². The van der Waals surface area contributed by atoms with Crippen molar-refractivity contribution >= 4 is 29.0 Å². The Morgan fingerprint density at radius 2 is 2.17 bits per heavy atom. The molecule has 18 heavy (non-hydrogen) atoms. The van der Waals surface area contributed by atoms with E-state index in [1.807, 2.05) is 4.90 Å². The molecule has 0 aromatic carbocycles. The standard InChI is InChI=1S/C11H16ClN5O/c1-16(6-8(18)17-4-2-3-5-17)11-9(13)10(12)14-7-15-11/h7H,2-6,13H2,1H3. The van der Waals surface area contributed by atoms with Gasteiger partial charge in [-0.15, -0.1) is 0 Å². The summed E-state index contributed by atoms with van der Waals surface area (Å²) in [4.78, 5) is 23.4. The van der Waals surface area contributed by atoms with Gasteiger partial charge < -0.3 is 15.5 Å². The van der Waals surface area contributed by atoms with E-state index in [9.17, 15) is 4.79 Å². The van der Waals surface area contributed by atoms with Gasteiger partial charge in [-0.2, -0.15) is 0 Å². The molecule has 0 radical (unpaired) electrons. The molecule has 1 amide bonds. The summed E-state index contributed by atoms with van der Waals surface area (Å²) >= 11 is 5.82. The van der Waals surface area contributed by atoms with E-state index in [4.69, 9.17) is 17.3 Å². The number of likely N-dealkylation sites (tertiary alicyclic amines) is 1. The van der Waals surface area contributed by atoms with Gasteiger partial charge in [0.15, 0.2) is 11.0 Å². The van der Waals surface area contributed by atoms with Crippen molar-refractivity contribution in [3.63, 3.8) is 0 Å². The number of nitrogens with zero attached hydrogens (tertiary/aromatic N) is 4. The molecule has 1 fully saturated rings. The van der Waals surface area contributed by atoms with Gasteiger partial charge in [0.2, 0.25) is 5.91 Å². The van der Waals surface area contributed by atoms with Gasteiger partial charge in [0.25, 0.3) is 0 Å². The first-order valence-electron chi connectivity index (χ1n) is 5.84. The van der Waals surface area contributed by atoms with Gasteiger partial charge >= 0.3 is 0 Å². The third-order valence-corrected chi connectivity index (χ3v) is 3.31. The summed E-state index contributed by atoms with van der Waals surface area (Å²) in [6.45, 7) is 1.93. The smallest absolute Gasteiger partial charge is 0.242 e. The zero-order chi connectivity index (χ0) is 13.1. The number of halogens is 1. The number of carbonyl (C=O) groups is 1. The molecule has 1 aromatic heterocycles. The molecule has 7 heteroatoms. The van der Waals surface area contributed by atoms with Crippen molar-refractivity contribution in [1.82, 2.24) is 14.9 Å². The predicted octanol–water partition coefficient (Wildman–Crippen LogP) is 0.771. The monoisotopic (exact) mass is 269 g/mol. The molecule has 2 N–H and O–H groups in total. The molecule has 0 saturated carbocycles. The van der Waals surface area contributed by atoms with E-state index >= 15 is 0 Å². The number of amides is 1. The number of likely N-dealkylation sites (N-methyl/N-ethyl adjacent to an activating group) is 1. The van der Waals surface area contributed by atoms with Crippen molar-refractivity contribution < 1.29 is 4.79 Å². The minimum atomic E-state index is 0.0872. The average molecular weight is 270 g/mol. The van der Waals surface area contributed by atoms with Crippen LogP contribution >= 0.6 is 11.6 Å². The highest BCUT2D eigenvalue weighted by molar-refractivity contribution is 6.32. The van der Waals surface area contributed by atoms with Crippen LogP contribution in [0.15, 0.2) is 6.33 Å². The Labute approximate surface area is 111 Å². The summed E-state index contributed by atoms with van der Waals surface area (Å²) in [5.74, 6) is 0.576. The fourth-order valence-electron chi connectivity index (χ4n) is 2.01. The maximum Gasteiger partial charge on any atom is 0.242 e. The summed E-state index contributed by atoms with van der Waals surface area (Å²) in [6.07, 6.45) is 3.50. The maximum atomic E-state index is 12.0. The molecule has 0 atom stereocenters. The molecule has 98 valence electrons. The third kappa shape index (κ3) is 2.64. The van der Waals surface area contributed by atoms with Crippen molar-refractivity contribution in [2.24, 2.45) is 0 Å². The first kappa shape index (κ1) is 12.9. The topological polar surface area (TPSA) is 75.4 Å². The van der Waals surface area contributed by atoms with Crippen molar-refractivity contribution in [2.45, 2.75) is 12.8 Å².